The molecule has 0 fully saturated rings. The summed E-state index contributed by atoms with van der Waals surface area (Å²) in [5, 5.41) is 50.8. The van der Waals surface area contributed by atoms with Gasteiger partial charge in [-0.05, 0) is 19.3 Å². The average Bonchev–Trinajstić information content (AvgIpc) is 3.19. The van der Waals surface area contributed by atoms with E-state index < -0.39 is 17.9 Å². The maximum absolute atomic E-state index is 10.3. The summed E-state index contributed by atoms with van der Waals surface area (Å²) < 4.78 is 0. The summed E-state index contributed by atoms with van der Waals surface area (Å²) >= 11 is 0. The van der Waals surface area contributed by atoms with Gasteiger partial charge in [0.1, 0.15) is 0 Å². The first-order valence-electron chi connectivity index (χ1n) is 24.4. The molecule has 10 nitrogen and oxygen atoms in total. The third-order valence-electron chi connectivity index (χ3n) is 10.2. The summed E-state index contributed by atoms with van der Waals surface area (Å²) in [5.41, 5.74) is 0. The van der Waals surface area contributed by atoms with E-state index in [0.29, 0.717) is 38.9 Å². The molecule has 0 aliphatic heterocycles. The summed E-state index contributed by atoms with van der Waals surface area (Å²) in [7, 11) is 0. The van der Waals surface area contributed by atoms with Crippen LogP contribution >= 0.6 is 0 Å². The summed E-state index contributed by atoms with van der Waals surface area (Å²) in [6.45, 7) is 8.49. The fraction of sp³-hybridized carbons (Fsp3) is 0.938. The Labute approximate surface area is 358 Å². The van der Waals surface area contributed by atoms with E-state index in [2.05, 4.69) is 20.8 Å². The molecular formula is C48H99NO9. The fourth-order valence-electron chi connectivity index (χ4n) is 6.58. The zero-order valence-corrected chi connectivity index (χ0v) is 38.6. The van der Waals surface area contributed by atoms with Gasteiger partial charge in [-0.1, -0.05) is 213 Å². The maximum atomic E-state index is 10.3. The number of unbranched alkanes of at least 4 members (excludes halogenated alkanes) is 30. The van der Waals surface area contributed by atoms with E-state index in [1.165, 1.54) is 173 Å². The van der Waals surface area contributed by atoms with Crippen LogP contribution in [0.2, 0.25) is 0 Å². The standard InChI is InChI=1S/3C14H28O2.C6H15NO3/c3*1-2-3-4-5-6-7-8-9-10-11-12-13-14(15)16;8-4-1-7(2-5-9)3-6-10/h3*2-13H2,1H3,(H,15,16);8-10H,1-6H2. The van der Waals surface area contributed by atoms with Gasteiger partial charge in [0, 0.05) is 38.9 Å². The second kappa shape index (κ2) is 59.6. The van der Waals surface area contributed by atoms with Gasteiger partial charge >= 0.3 is 17.9 Å². The van der Waals surface area contributed by atoms with Crippen molar-refractivity contribution in [3.63, 3.8) is 0 Å². The first-order valence-corrected chi connectivity index (χ1v) is 24.4. The van der Waals surface area contributed by atoms with E-state index in [0.717, 1.165) is 38.5 Å². The SMILES string of the molecule is CCCCCCCCCCCCCC(=O)O.CCCCCCCCCCCCCC(=O)O.CCCCCCCCCCCCCC(=O)O.OCCN(CCO)CCO. The maximum Gasteiger partial charge on any atom is 0.303 e. The van der Waals surface area contributed by atoms with Gasteiger partial charge in [-0.25, -0.2) is 0 Å². The van der Waals surface area contributed by atoms with Gasteiger partial charge in [0.25, 0.3) is 0 Å². The largest absolute Gasteiger partial charge is 0.481 e. The van der Waals surface area contributed by atoms with Crippen LogP contribution in [0.5, 0.6) is 0 Å². The molecule has 10 heteroatoms. The van der Waals surface area contributed by atoms with Crippen molar-refractivity contribution in [2.45, 2.75) is 252 Å². The van der Waals surface area contributed by atoms with Crippen molar-refractivity contribution in [2.75, 3.05) is 39.5 Å². The van der Waals surface area contributed by atoms with Crippen molar-refractivity contribution in [1.29, 1.82) is 0 Å². The molecule has 0 saturated heterocycles. The number of carbonyl (C=O) groups is 3. The van der Waals surface area contributed by atoms with Crippen LogP contribution in [-0.4, -0.2) is 92.9 Å². The summed E-state index contributed by atoms with van der Waals surface area (Å²) in [5.74, 6) is -1.97. The normalized spacial score (nSPS) is 10.6. The fourth-order valence-corrected chi connectivity index (χ4v) is 6.58. The van der Waals surface area contributed by atoms with Crippen LogP contribution < -0.4 is 0 Å². The predicted molar refractivity (Wildman–Crippen MR) is 244 cm³/mol. The van der Waals surface area contributed by atoms with Crippen molar-refractivity contribution in [3.8, 4) is 0 Å². The molecule has 0 aliphatic carbocycles. The Morgan fingerprint density at radius 3 is 0.586 bits per heavy atom. The first-order chi connectivity index (χ1) is 28.2. The topological polar surface area (TPSA) is 176 Å². The number of nitrogens with zero attached hydrogens (tertiary/aromatic N) is 1. The molecule has 0 aromatic rings. The van der Waals surface area contributed by atoms with Crippen LogP contribution in [0.1, 0.15) is 252 Å². The molecule has 0 heterocycles. The molecule has 0 amide bonds. The monoisotopic (exact) mass is 834 g/mol. The molecule has 0 saturated carbocycles. The summed E-state index contributed by atoms with van der Waals surface area (Å²) in [4.78, 5) is 32.6. The second-order valence-corrected chi connectivity index (χ2v) is 16.1. The minimum absolute atomic E-state index is 0.0694. The molecule has 0 bridgehead atoms. The average molecular weight is 834 g/mol. The van der Waals surface area contributed by atoms with Crippen molar-refractivity contribution in [3.05, 3.63) is 0 Å². The number of hydrogen-bond acceptors (Lipinski definition) is 7. The lowest BCUT2D eigenvalue weighted by atomic mass is 10.1. The van der Waals surface area contributed by atoms with E-state index in [-0.39, 0.29) is 19.8 Å². The summed E-state index contributed by atoms with van der Waals surface area (Å²) in [6.07, 6.45) is 43.1. The Balaban J connectivity index is -0.000000340. The van der Waals surface area contributed by atoms with E-state index in [4.69, 9.17) is 30.6 Å². The van der Waals surface area contributed by atoms with Crippen molar-refractivity contribution in [1.82, 2.24) is 4.90 Å². The minimum atomic E-state index is -0.657. The van der Waals surface area contributed by atoms with E-state index >= 15 is 0 Å². The molecule has 0 rings (SSSR count). The van der Waals surface area contributed by atoms with E-state index in [1.54, 1.807) is 4.90 Å². The van der Waals surface area contributed by atoms with Gasteiger partial charge < -0.3 is 30.6 Å². The number of aliphatic hydroxyl groups is 3. The molecular weight excluding hydrogens is 735 g/mol. The third kappa shape index (κ3) is 71.9. The second-order valence-electron chi connectivity index (χ2n) is 16.1. The zero-order chi connectivity index (χ0) is 44.0. The minimum Gasteiger partial charge on any atom is -0.481 e. The molecule has 6 N–H and O–H groups in total. The lowest BCUT2D eigenvalue weighted by Gasteiger charge is -2.17. The number of aliphatic hydroxyl groups excluding tert-OH is 3. The number of hydrogen-bond donors (Lipinski definition) is 6. The molecule has 0 spiro atoms. The highest BCUT2D eigenvalue weighted by Gasteiger charge is 2.01. The summed E-state index contributed by atoms with van der Waals surface area (Å²) in [6, 6.07) is 0. The Kier molecular flexibility index (Phi) is 64.6. The van der Waals surface area contributed by atoms with Crippen LogP contribution in [0.15, 0.2) is 0 Å². The molecule has 58 heavy (non-hydrogen) atoms. The molecule has 0 radical (unpaired) electrons. The van der Waals surface area contributed by atoms with Crippen molar-refractivity contribution < 1.29 is 45.0 Å². The van der Waals surface area contributed by atoms with Crippen LogP contribution in [0, 0.1) is 0 Å². The highest BCUT2D eigenvalue weighted by atomic mass is 16.4. The van der Waals surface area contributed by atoms with Gasteiger partial charge in [-0.15, -0.1) is 0 Å². The van der Waals surface area contributed by atoms with Crippen LogP contribution in [0.4, 0.5) is 0 Å². The highest BCUT2D eigenvalue weighted by molar-refractivity contribution is 5.67. The Morgan fingerprint density at radius 1 is 0.293 bits per heavy atom. The third-order valence-corrected chi connectivity index (χ3v) is 10.2. The van der Waals surface area contributed by atoms with Crippen LogP contribution in [-0.2, 0) is 14.4 Å². The van der Waals surface area contributed by atoms with Gasteiger partial charge in [0.15, 0.2) is 0 Å². The van der Waals surface area contributed by atoms with Gasteiger partial charge in [0.2, 0.25) is 0 Å². The van der Waals surface area contributed by atoms with Crippen molar-refractivity contribution in [2.24, 2.45) is 0 Å². The molecule has 0 aromatic heterocycles. The van der Waals surface area contributed by atoms with E-state index in [1.807, 2.05) is 0 Å². The number of aliphatic carboxylic acids is 3. The van der Waals surface area contributed by atoms with Gasteiger partial charge in [0.05, 0.1) is 19.8 Å². The lowest BCUT2D eigenvalue weighted by Crippen LogP contribution is -2.32. The zero-order valence-electron chi connectivity index (χ0n) is 38.6. The van der Waals surface area contributed by atoms with E-state index in [9.17, 15) is 14.4 Å². The van der Waals surface area contributed by atoms with Gasteiger partial charge in [-0.3, -0.25) is 19.3 Å². The number of carboxylic acids is 3. The number of rotatable bonds is 42. The Hall–Kier alpha value is -1.75. The Bertz CT molecular complexity index is 684. The quantitative estimate of drug-likeness (QED) is 0.0325. The molecule has 0 unspecified atom stereocenters. The van der Waals surface area contributed by atoms with Gasteiger partial charge in [-0.2, -0.15) is 0 Å². The predicted octanol–water partition coefficient (Wildman–Crippen LogP) is 12.6. The smallest absolute Gasteiger partial charge is 0.303 e. The van der Waals surface area contributed by atoms with Crippen molar-refractivity contribution >= 4 is 17.9 Å². The molecule has 0 atom stereocenters. The van der Waals surface area contributed by atoms with Crippen LogP contribution in [0.3, 0.4) is 0 Å². The number of carboxylic acid groups (broad SMARTS) is 3. The Morgan fingerprint density at radius 2 is 0.448 bits per heavy atom. The first kappa shape index (κ1) is 62.9. The highest BCUT2D eigenvalue weighted by Crippen LogP contribution is 2.14. The molecule has 350 valence electrons. The lowest BCUT2D eigenvalue weighted by molar-refractivity contribution is -0.138. The molecule has 0 aromatic carbocycles. The molecule has 0 aliphatic rings. The van der Waals surface area contributed by atoms with Crippen LogP contribution in [0.25, 0.3) is 0 Å².